The molecule has 0 atom stereocenters. The van der Waals surface area contributed by atoms with Crippen molar-refractivity contribution in [1.82, 2.24) is 10.2 Å². The fraction of sp³-hybridized carbons (Fsp3) is 0.353. The summed E-state index contributed by atoms with van der Waals surface area (Å²) < 4.78 is 27.7. The molecule has 25 heavy (non-hydrogen) atoms. The van der Waals surface area contributed by atoms with Crippen molar-refractivity contribution in [3.8, 4) is 6.07 Å². The topological polar surface area (TPSA) is 116 Å². The van der Waals surface area contributed by atoms with E-state index in [4.69, 9.17) is 0 Å². The SMILES string of the molecule is N#Cc1c(NS(=O)(=O)c2ccc3c(c2)CCCC3=O)n[nH]c1C1CC1. The first kappa shape index (κ1) is 15.8. The molecule has 0 saturated heterocycles. The summed E-state index contributed by atoms with van der Waals surface area (Å²) in [4.78, 5) is 11.9. The highest BCUT2D eigenvalue weighted by atomic mass is 32.2. The summed E-state index contributed by atoms with van der Waals surface area (Å²) in [6, 6.07) is 6.55. The molecule has 1 fully saturated rings. The van der Waals surface area contributed by atoms with Gasteiger partial charge in [-0.05, 0) is 49.4 Å². The first-order valence-corrected chi connectivity index (χ1v) is 9.65. The molecule has 7 nitrogen and oxygen atoms in total. The summed E-state index contributed by atoms with van der Waals surface area (Å²) in [5.41, 5.74) is 2.29. The average molecular weight is 356 g/mol. The summed E-state index contributed by atoms with van der Waals surface area (Å²) in [6.45, 7) is 0. The van der Waals surface area contributed by atoms with Gasteiger partial charge in [-0.25, -0.2) is 8.42 Å². The fourth-order valence-corrected chi connectivity index (χ4v) is 4.25. The molecular weight excluding hydrogens is 340 g/mol. The summed E-state index contributed by atoms with van der Waals surface area (Å²) in [6.07, 6.45) is 3.86. The Morgan fingerprint density at radius 3 is 2.80 bits per heavy atom. The number of ketones is 1. The zero-order chi connectivity index (χ0) is 17.6. The Kier molecular flexibility index (Phi) is 3.62. The maximum Gasteiger partial charge on any atom is 0.263 e. The van der Waals surface area contributed by atoms with Crippen LogP contribution in [0, 0.1) is 11.3 Å². The van der Waals surface area contributed by atoms with Gasteiger partial charge in [-0.2, -0.15) is 10.4 Å². The van der Waals surface area contributed by atoms with Crippen LogP contribution in [-0.4, -0.2) is 24.4 Å². The summed E-state index contributed by atoms with van der Waals surface area (Å²) in [5.74, 6) is 0.333. The zero-order valence-corrected chi connectivity index (χ0v) is 14.2. The predicted octanol–water partition coefficient (Wildman–Crippen LogP) is 2.48. The number of aromatic amines is 1. The highest BCUT2D eigenvalue weighted by Crippen LogP contribution is 2.42. The van der Waals surface area contributed by atoms with E-state index < -0.39 is 10.0 Å². The van der Waals surface area contributed by atoms with Gasteiger partial charge in [0.1, 0.15) is 11.6 Å². The largest absolute Gasteiger partial charge is 0.294 e. The smallest absolute Gasteiger partial charge is 0.263 e. The number of anilines is 1. The van der Waals surface area contributed by atoms with Gasteiger partial charge >= 0.3 is 0 Å². The number of hydrogen-bond acceptors (Lipinski definition) is 5. The molecule has 4 rings (SSSR count). The lowest BCUT2D eigenvalue weighted by Gasteiger charge is -2.15. The predicted molar refractivity (Wildman–Crippen MR) is 89.8 cm³/mol. The third-order valence-corrected chi connectivity index (χ3v) is 6.00. The van der Waals surface area contributed by atoms with Crippen LogP contribution in [0.4, 0.5) is 5.82 Å². The van der Waals surface area contributed by atoms with Gasteiger partial charge in [0.05, 0.1) is 10.6 Å². The van der Waals surface area contributed by atoms with Crippen LogP contribution in [0.3, 0.4) is 0 Å². The second-order valence-electron chi connectivity index (χ2n) is 6.45. The van der Waals surface area contributed by atoms with Crippen molar-refractivity contribution in [2.75, 3.05) is 4.72 Å². The monoisotopic (exact) mass is 356 g/mol. The number of Topliss-reactive ketones (excluding diaryl/α,β-unsaturated/α-hetero) is 1. The number of nitriles is 1. The lowest BCUT2D eigenvalue weighted by Crippen LogP contribution is -2.16. The third-order valence-electron chi connectivity index (χ3n) is 4.66. The molecule has 2 N–H and O–H groups in total. The first-order chi connectivity index (χ1) is 12.0. The normalized spacial score (nSPS) is 17.0. The van der Waals surface area contributed by atoms with Crippen LogP contribution < -0.4 is 4.72 Å². The van der Waals surface area contributed by atoms with Gasteiger partial charge in [-0.1, -0.05) is 0 Å². The van der Waals surface area contributed by atoms with Gasteiger partial charge in [0, 0.05) is 17.9 Å². The Morgan fingerprint density at radius 1 is 1.28 bits per heavy atom. The number of rotatable bonds is 4. The molecule has 0 spiro atoms. The minimum absolute atomic E-state index is 0.0261. The third kappa shape index (κ3) is 2.81. The Bertz CT molecular complexity index is 1010. The van der Waals surface area contributed by atoms with Crippen molar-refractivity contribution in [3.05, 3.63) is 40.6 Å². The van der Waals surface area contributed by atoms with Crippen LogP contribution in [-0.2, 0) is 16.4 Å². The number of sulfonamides is 1. The summed E-state index contributed by atoms with van der Waals surface area (Å²) in [5, 5.41) is 16.1. The quantitative estimate of drug-likeness (QED) is 0.873. The zero-order valence-electron chi connectivity index (χ0n) is 13.4. The lowest BCUT2D eigenvalue weighted by atomic mass is 9.91. The van der Waals surface area contributed by atoms with Crippen LogP contribution >= 0.6 is 0 Å². The van der Waals surface area contributed by atoms with E-state index in [2.05, 4.69) is 14.9 Å². The van der Waals surface area contributed by atoms with Crippen LogP contribution in [0.25, 0.3) is 0 Å². The number of aryl methyl sites for hydroxylation is 1. The number of nitrogens with one attached hydrogen (secondary N) is 2. The Hall–Kier alpha value is -2.66. The van der Waals surface area contributed by atoms with E-state index in [-0.39, 0.29) is 28.0 Å². The number of carbonyl (C=O) groups is 1. The highest BCUT2D eigenvalue weighted by Gasteiger charge is 2.31. The van der Waals surface area contributed by atoms with Crippen molar-refractivity contribution in [1.29, 1.82) is 5.26 Å². The molecule has 2 aromatic rings. The van der Waals surface area contributed by atoms with Gasteiger partial charge in [0.15, 0.2) is 11.6 Å². The maximum absolute atomic E-state index is 12.7. The van der Waals surface area contributed by atoms with E-state index in [0.717, 1.165) is 24.8 Å². The van der Waals surface area contributed by atoms with Crippen LogP contribution in [0.15, 0.2) is 23.1 Å². The van der Waals surface area contributed by atoms with Crippen LogP contribution in [0.5, 0.6) is 0 Å². The molecule has 8 heteroatoms. The maximum atomic E-state index is 12.7. The molecule has 2 aliphatic carbocycles. The van der Waals surface area contributed by atoms with Gasteiger partial charge in [0.2, 0.25) is 0 Å². The standard InChI is InChI=1S/C17H16N4O3S/c18-9-14-16(10-4-5-10)19-20-17(14)21-25(23,24)12-6-7-13-11(8-12)2-1-3-15(13)22/h6-8,10H,1-5H2,(H2,19,20,21). The molecular formula is C17H16N4O3S. The molecule has 0 radical (unpaired) electrons. The number of fused-ring (bicyclic) bond motifs is 1. The highest BCUT2D eigenvalue weighted by molar-refractivity contribution is 7.92. The molecule has 1 aromatic heterocycles. The summed E-state index contributed by atoms with van der Waals surface area (Å²) >= 11 is 0. The molecule has 2 aliphatic rings. The number of H-pyrrole nitrogens is 1. The average Bonchev–Trinajstić information content (AvgIpc) is 3.36. The molecule has 0 bridgehead atoms. The molecule has 0 aliphatic heterocycles. The van der Waals surface area contributed by atoms with Crippen molar-refractivity contribution in [2.45, 2.75) is 42.9 Å². The Balaban J connectivity index is 1.67. The second-order valence-corrected chi connectivity index (χ2v) is 8.13. The van der Waals surface area contributed by atoms with Crippen molar-refractivity contribution in [3.63, 3.8) is 0 Å². The fourth-order valence-electron chi connectivity index (χ4n) is 3.19. The van der Waals surface area contributed by atoms with E-state index in [0.29, 0.717) is 24.1 Å². The van der Waals surface area contributed by atoms with Gasteiger partial charge in [-0.15, -0.1) is 0 Å². The number of nitrogens with zero attached hydrogens (tertiary/aromatic N) is 2. The number of carbonyl (C=O) groups excluding carboxylic acids is 1. The van der Waals surface area contributed by atoms with Crippen molar-refractivity contribution >= 4 is 21.6 Å². The van der Waals surface area contributed by atoms with Crippen molar-refractivity contribution < 1.29 is 13.2 Å². The van der Waals surface area contributed by atoms with E-state index in [1.807, 2.05) is 6.07 Å². The van der Waals surface area contributed by atoms with Gasteiger partial charge in [-0.3, -0.25) is 14.6 Å². The Labute approximate surface area is 145 Å². The molecule has 1 saturated carbocycles. The molecule has 0 amide bonds. The van der Waals surface area contributed by atoms with Gasteiger partial charge in [0.25, 0.3) is 10.0 Å². The molecule has 1 aromatic carbocycles. The minimum Gasteiger partial charge on any atom is -0.294 e. The molecule has 1 heterocycles. The van der Waals surface area contributed by atoms with Crippen LogP contribution in [0.2, 0.25) is 0 Å². The van der Waals surface area contributed by atoms with E-state index >= 15 is 0 Å². The lowest BCUT2D eigenvalue weighted by molar-refractivity contribution is 0.0972. The van der Waals surface area contributed by atoms with Crippen molar-refractivity contribution in [2.24, 2.45) is 0 Å². The Morgan fingerprint density at radius 2 is 2.08 bits per heavy atom. The minimum atomic E-state index is -3.88. The van der Waals surface area contributed by atoms with E-state index in [9.17, 15) is 18.5 Å². The van der Waals surface area contributed by atoms with Crippen LogP contribution in [0.1, 0.15) is 58.8 Å². The molecule has 0 unspecified atom stereocenters. The number of benzene rings is 1. The van der Waals surface area contributed by atoms with Gasteiger partial charge < -0.3 is 0 Å². The first-order valence-electron chi connectivity index (χ1n) is 8.17. The second kappa shape index (κ2) is 5.70. The molecule has 128 valence electrons. The number of aromatic nitrogens is 2. The summed E-state index contributed by atoms with van der Waals surface area (Å²) in [7, 11) is -3.88. The number of hydrogen-bond donors (Lipinski definition) is 2. The van der Waals surface area contributed by atoms with E-state index in [1.54, 1.807) is 6.07 Å². The van der Waals surface area contributed by atoms with E-state index in [1.165, 1.54) is 12.1 Å².